The number of aryl methyl sites for hydroxylation is 1. The van der Waals surface area contributed by atoms with Gasteiger partial charge in [0.25, 0.3) is 5.56 Å². The zero-order chi connectivity index (χ0) is 19.6. The highest BCUT2D eigenvalue weighted by molar-refractivity contribution is 7.23. The Hall–Kier alpha value is -2.53. The van der Waals surface area contributed by atoms with Crippen LogP contribution in [0.25, 0.3) is 20.5 Å². The Labute approximate surface area is 159 Å². The van der Waals surface area contributed by atoms with Gasteiger partial charge in [-0.25, -0.2) is 9.67 Å². The average molecular weight is 414 g/mol. The first kappa shape index (κ1) is 19.2. The van der Waals surface area contributed by atoms with E-state index in [0.717, 1.165) is 25.1 Å². The predicted molar refractivity (Wildman–Crippen MR) is 96.7 cm³/mol. The lowest BCUT2D eigenvalue weighted by Gasteiger charge is -2.09. The number of nitrogens with one attached hydrogen (secondary N) is 1. The van der Waals surface area contributed by atoms with Crippen molar-refractivity contribution in [3.8, 4) is 20.5 Å². The van der Waals surface area contributed by atoms with E-state index in [4.69, 9.17) is 0 Å². The summed E-state index contributed by atoms with van der Waals surface area (Å²) in [6.45, 7) is 1.28. The first-order valence-electron chi connectivity index (χ1n) is 7.70. The van der Waals surface area contributed by atoms with Crippen LogP contribution < -0.4 is 10.9 Å². The van der Waals surface area contributed by atoms with Gasteiger partial charge in [-0.3, -0.25) is 9.59 Å². The van der Waals surface area contributed by atoms with Gasteiger partial charge in [0, 0.05) is 12.6 Å². The maximum atomic E-state index is 12.2. The van der Waals surface area contributed by atoms with Crippen LogP contribution in [0.5, 0.6) is 0 Å². The number of halogens is 3. The van der Waals surface area contributed by atoms with E-state index in [0.29, 0.717) is 5.69 Å². The van der Waals surface area contributed by atoms with Crippen molar-refractivity contribution < 1.29 is 18.0 Å². The molecule has 0 unspecified atom stereocenters. The van der Waals surface area contributed by atoms with Gasteiger partial charge in [0.2, 0.25) is 0 Å². The second-order valence-corrected chi connectivity index (χ2v) is 7.39. The van der Waals surface area contributed by atoms with Crippen molar-refractivity contribution in [3.05, 3.63) is 45.7 Å². The smallest absolute Gasteiger partial charge is 0.346 e. The number of carbonyl (C=O) groups is 1. The molecule has 142 valence electrons. The van der Waals surface area contributed by atoms with E-state index in [-0.39, 0.29) is 13.1 Å². The zero-order valence-electron chi connectivity index (χ0n) is 13.9. The summed E-state index contributed by atoms with van der Waals surface area (Å²) in [7, 11) is 0. The molecule has 0 fully saturated rings. The minimum absolute atomic E-state index is 0.176. The largest absolute Gasteiger partial charge is 0.471 e. The van der Waals surface area contributed by atoms with Crippen LogP contribution in [0.2, 0.25) is 0 Å². The number of thiophene rings is 1. The fourth-order valence-electron chi connectivity index (χ4n) is 2.25. The molecule has 1 N–H and O–H groups in total. The molecule has 3 rings (SSSR count). The van der Waals surface area contributed by atoms with Crippen molar-refractivity contribution in [2.75, 3.05) is 6.54 Å². The summed E-state index contributed by atoms with van der Waals surface area (Å²) < 4.78 is 37.6. The van der Waals surface area contributed by atoms with Crippen LogP contribution in [0.3, 0.4) is 0 Å². The normalized spacial score (nSPS) is 11.6. The van der Waals surface area contributed by atoms with Crippen LogP contribution in [0.15, 0.2) is 34.4 Å². The van der Waals surface area contributed by atoms with Gasteiger partial charge in [-0.05, 0) is 24.4 Å². The van der Waals surface area contributed by atoms with Crippen LogP contribution in [0, 0.1) is 6.92 Å². The van der Waals surface area contributed by atoms with Gasteiger partial charge in [-0.15, -0.1) is 22.7 Å². The predicted octanol–water partition coefficient (Wildman–Crippen LogP) is 3.08. The van der Waals surface area contributed by atoms with Crippen LogP contribution in [0.1, 0.15) is 5.69 Å². The molecule has 27 heavy (non-hydrogen) atoms. The molecule has 3 aromatic heterocycles. The third-order valence-electron chi connectivity index (χ3n) is 3.49. The highest BCUT2D eigenvalue weighted by Gasteiger charge is 2.38. The van der Waals surface area contributed by atoms with E-state index in [1.54, 1.807) is 22.7 Å². The number of alkyl halides is 3. The Balaban J connectivity index is 1.80. The van der Waals surface area contributed by atoms with Crippen LogP contribution in [0.4, 0.5) is 13.2 Å². The highest BCUT2D eigenvalue weighted by Crippen LogP contribution is 2.35. The first-order valence-corrected chi connectivity index (χ1v) is 9.40. The van der Waals surface area contributed by atoms with E-state index in [1.807, 2.05) is 24.4 Å². The molecule has 0 saturated carbocycles. The Morgan fingerprint density at radius 3 is 2.74 bits per heavy atom. The maximum Gasteiger partial charge on any atom is 0.471 e. The van der Waals surface area contributed by atoms with Gasteiger partial charge in [0.15, 0.2) is 0 Å². The maximum absolute atomic E-state index is 12.2. The fraction of sp³-hybridized carbons (Fsp3) is 0.250. The second-order valence-electron chi connectivity index (χ2n) is 5.44. The van der Waals surface area contributed by atoms with Gasteiger partial charge in [-0.1, -0.05) is 6.07 Å². The van der Waals surface area contributed by atoms with Crippen molar-refractivity contribution in [2.45, 2.75) is 19.6 Å². The molecule has 3 heterocycles. The molecule has 0 aromatic carbocycles. The molecular formula is C16H13F3N4O2S2. The molecule has 0 aliphatic heterocycles. The van der Waals surface area contributed by atoms with E-state index in [9.17, 15) is 22.8 Å². The molecule has 3 aromatic rings. The molecule has 0 aliphatic rings. The number of hydrogen-bond donors (Lipinski definition) is 1. The number of amides is 1. The molecule has 0 saturated heterocycles. The summed E-state index contributed by atoms with van der Waals surface area (Å²) in [5.74, 6) is -2.05. The topological polar surface area (TPSA) is 76.9 Å². The van der Waals surface area contributed by atoms with Gasteiger partial charge in [-0.2, -0.15) is 18.3 Å². The lowest BCUT2D eigenvalue weighted by Crippen LogP contribution is -2.39. The standard InChI is InChI=1S/C16H13F3N4O2S2/c1-9-13(27-14(21-9)11-3-2-8-26-11)10-4-5-12(24)23(22-10)7-6-20-15(25)16(17,18)19/h2-5,8H,6-7H2,1H3,(H,20,25). The van der Waals surface area contributed by atoms with E-state index in [1.165, 1.54) is 17.4 Å². The second kappa shape index (κ2) is 7.61. The van der Waals surface area contributed by atoms with Crippen molar-refractivity contribution in [1.29, 1.82) is 0 Å². The van der Waals surface area contributed by atoms with Crippen LogP contribution in [-0.2, 0) is 11.3 Å². The molecule has 0 atom stereocenters. The molecule has 0 aliphatic carbocycles. The minimum Gasteiger partial charge on any atom is -0.346 e. The molecular weight excluding hydrogens is 401 g/mol. The Bertz CT molecular complexity index is 1010. The Morgan fingerprint density at radius 1 is 1.30 bits per heavy atom. The summed E-state index contributed by atoms with van der Waals surface area (Å²) in [6, 6.07) is 6.71. The average Bonchev–Trinajstić information content (AvgIpc) is 3.25. The molecule has 1 amide bonds. The van der Waals surface area contributed by atoms with Gasteiger partial charge < -0.3 is 5.32 Å². The number of carbonyl (C=O) groups excluding carboxylic acids is 1. The number of aromatic nitrogens is 3. The highest BCUT2D eigenvalue weighted by atomic mass is 32.1. The third kappa shape index (κ3) is 4.42. The molecule has 0 spiro atoms. The Morgan fingerprint density at radius 2 is 2.07 bits per heavy atom. The summed E-state index contributed by atoms with van der Waals surface area (Å²) in [4.78, 5) is 29.0. The molecule has 0 bridgehead atoms. The molecule has 0 radical (unpaired) electrons. The van der Waals surface area contributed by atoms with Crippen molar-refractivity contribution in [1.82, 2.24) is 20.1 Å². The lowest BCUT2D eigenvalue weighted by molar-refractivity contribution is -0.173. The quantitative estimate of drug-likeness (QED) is 0.696. The SMILES string of the molecule is Cc1nc(-c2cccs2)sc1-c1ccc(=O)n(CCNC(=O)C(F)(F)F)n1. The summed E-state index contributed by atoms with van der Waals surface area (Å²) in [6.07, 6.45) is -4.96. The summed E-state index contributed by atoms with van der Waals surface area (Å²) >= 11 is 2.97. The molecule has 6 nitrogen and oxygen atoms in total. The molecule has 11 heteroatoms. The van der Waals surface area contributed by atoms with Crippen molar-refractivity contribution >= 4 is 28.6 Å². The van der Waals surface area contributed by atoms with E-state index in [2.05, 4.69) is 10.1 Å². The number of hydrogen-bond acceptors (Lipinski definition) is 6. The van der Waals surface area contributed by atoms with E-state index >= 15 is 0 Å². The number of nitrogens with zero attached hydrogens (tertiary/aromatic N) is 3. The monoisotopic (exact) mass is 414 g/mol. The van der Waals surface area contributed by atoms with Crippen molar-refractivity contribution in [2.24, 2.45) is 0 Å². The van der Waals surface area contributed by atoms with Crippen LogP contribution >= 0.6 is 22.7 Å². The Kier molecular flexibility index (Phi) is 5.42. The van der Waals surface area contributed by atoms with E-state index < -0.39 is 17.6 Å². The minimum atomic E-state index is -4.96. The lowest BCUT2D eigenvalue weighted by atomic mass is 10.3. The summed E-state index contributed by atoms with van der Waals surface area (Å²) in [5, 5.41) is 8.69. The first-order chi connectivity index (χ1) is 12.8. The fourth-order valence-corrected chi connectivity index (χ4v) is 4.07. The number of rotatable bonds is 5. The van der Waals surface area contributed by atoms with Crippen molar-refractivity contribution in [3.63, 3.8) is 0 Å². The zero-order valence-corrected chi connectivity index (χ0v) is 15.5. The third-order valence-corrected chi connectivity index (χ3v) is 5.71. The number of thiazole rings is 1. The van der Waals surface area contributed by atoms with Crippen LogP contribution in [-0.4, -0.2) is 33.4 Å². The summed E-state index contributed by atoms with van der Waals surface area (Å²) in [5.41, 5.74) is 0.765. The van der Waals surface area contributed by atoms with Gasteiger partial charge in [0.05, 0.1) is 22.0 Å². The van der Waals surface area contributed by atoms with Gasteiger partial charge >= 0.3 is 12.1 Å². The van der Waals surface area contributed by atoms with Gasteiger partial charge in [0.1, 0.15) is 10.7 Å².